The van der Waals surface area contributed by atoms with Gasteiger partial charge in [0, 0.05) is 12.8 Å². The smallest absolute Gasteiger partial charge is 0.207 e. The van der Waals surface area contributed by atoms with Gasteiger partial charge in [0.15, 0.2) is 0 Å². The molecule has 0 aromatic rings. The van der Waals surface area contributed by atoms with Crippen molar-refractivity contribution in [3.8, 4) is 0 Å². The van der Waals surface area contributed by atoms with Crippen LogP contribution in [0.25, 0.3) is 0 Å². The second-order valence-corrected chi connectivity index (χ2v) is 8.49. The summed E-state index contributed by atoms with van der Waals surface area (Å²) in [6.45, 7) is 9.31. The van der Waals surface area contributed by atoms with Crippen molar-refractivity contribution in [2.45, 2.75) is 85.0 Å². The van der Waals surface area contributed by atoms with Crippen LogP contribution < -0.4 is 0 Å². The molecule has 0 saturated heterocycles. The largest absolute Gasteiger partial charge is 0.248 e. The van der Waals surface area contributed by atoms with Gasteiger partial charge in [-0.05, 0) is 61.2 Å². The Hall–Kier alpha value is -0.140. The third-order valence-corrected chi connectivity index (χ3v) is 6.41. The standard InChI is InChI=1S/C19H34F2/c1-13(2)18-11-16(8-7-14(18)3)10-15(4)17-6-5-9-19(20,21)12-17/h13-18H,5-12H2,1-4H3. The van der Waals surface area contributed by atoms with Gasteiger partial charge in [-0.3, -0.25) is 0 Å². The normalized spacial score (nSPS) is 38.4. The minimum Gasteiger partial charge on any atom is -0.207 e. The van der Waals surface area contributed by atoms with Crippen molar-refractivity contribution in [2.24, 2.45) is 35.5 Å². The Balaban J connectivity index is 1.86. The summed E-state index contributed by atoms with van der Waals surface area (Å²) in [7, 11) is 0. The molecular formula is C19H34F2. The van der Waals surface area contributed by atoms with E-state index in [0.717, 1.165) is 36.5 Å². The lowest BCUT2D eigenvalue weighted by atomic mass is 9.67. The van der Waals surface area contributed by atoms with E-state index < -0.39 is 5.92 Å². The molecule has 0 radical (unpaired) electrons. The van der Waals surface area contributed by atoms with E-state index in [1.807, 2.05) is 0 Å². The molecular weight excluding hydrogens is 266 g/mol. The maximum atomic E-state index is 13.6. The number of rotatable bonds is 4. The van der Waals surface area contributed by atoms with Gasteiger partial charge in [0.2, 0.25) is 5.92 Å². The first-order valence-electron chi connectivity index (χ1n) is 9.16. The molecule has 0 spiro atoms. The predicted octanol–water partition coefficient (Wildman–Crippen LogP) is 6.55. The molecule has 0 aliphatic heterocycles. The van der Waals surface area contributed by atoms with Crippen LogP contribution in [0, 0.1) is 35.5 Å². The minimum absolute atomic E-state index is 0.118. The average Bonchev–Trinajstić information content (AvgIpc) is 2.39. The van der Waals surface area contributed by atoms with Gasteiger partial charge in [-0.2, -0.15) is 0 Å². The van der Waals surface area contributed by atoms with E-state index in [9.17, 15) is 8.78 Å². The molecule has 5 unspecified atom stereocenters. The molecule has 0 aromatic carbocycles. The summed E-state index contributed by atoms with van der Waals surface area (Å²) in [4.78, 5) is 0. The van der Waals surface area contributed by atoms with E-state index in [0.29, 0.717) is 5.92 Å². The van der Waals surface area contributed by atoms with E-state index in [1.165, 1.54) is 25.7 Å². The van der Waals surface area contributed by atoms with E-state index in [1.54, 1.807) is 0 Å². The molecule has 2 heteroatoms. The first-order chi connectivity index (χ1) is 9.78. The summed E-state index contributed by atoms with van der Waals surface area (Å²) in [6.07, 6.45) is 7.16. The second kappa shape index (κ2) is 6.96. The molecule has 0 N–H and O–H groups in total. The Bertz CT molecular complexity index is 324. The van der Waals surface area contributed by atoms with Crippen LogP contribution in [0.4, 0.5) is 8.78 Å². The van der Waals surface area contributed by atoms with Gasteiger partial charge in [0.1, 0.15) is 0 Å². The Kier molecular flexibility index (Phi) is 5.71. The summed E-state index contributed by atoms with van der Waals surface area (Å²) in [5, 5.41) is 0. The van der Waals surface area contributed by atoms with E-state index in [4.69, 9.17) is 0 Å². The average molecular weight is 300 g/mol. The summed E-state index contributed by atoms with van der Waals surface area (Å²) in [5.74, 6) is 1.56. The molecule has 0 bridgehead atoms. The SMILES string of the molecule is CC(C)C1CC(CC(C)C2CCCC(F)(F)C2)CCC1C. The topological polar surface area (TPSA) is 0 Å². The molecule has 2 aliphatic carbocycles. The molecule has 0 amide bonds. The van der Waals surface area contributed by atoms with Crippen molar-refractivity contribution < 1.29 is 8.78 Å². The molecule has 124 valence electrons. The van der Waals surface area contributed by atoms with Crippen molar-refractivity contribution in [3.05, 3.63) is 0 Å². The van der Waals surface area contributed by atoms with Gasteiger partial charge >= 0.3 is 0 Å². The highest BCUT2D eigenvalue weighted by Gasteiger charge is 2.39. The van der Waals surface area contributed by atoms with Crippen LogP contribution >= 0.6 is 0 Å². The lowest BCUT2D eigenvalue weighted by molar-refractivity contribution is -0.0630. The fourth-order valence-electron chi connectivity index (χ4n) is 5.01. The van der Waals surface area contributed by atoms with Crippen LogP contribution in [0.1, 0.15) is 79.1 Å². The Morgan fingerprint density at radius 3 is 2.43 bits per heavy atom. The first-order valence-corrected chi connectivity index (χ1v) is 9.16. The first kappa shape index (κ1) is 17.2. The van der Waals surface area contributed by atoms with E-state index >= 15 is 0 Å². The summed E-state index contributed by atoms with van der Waals surface area (Å²) >= 11 is 0. The molecule has 0 nitrogen and oxygen atoms in total. The Labute approximate surface area is 130 Å². The minimum atomic E-state index is -2.39. The number of hydrogen-bond acceptors (Lipinski definition) is 0. The number of alkyl halides is 2. The zero-order valence-corrected chi connectivity index (χ0v) is 14.4. The molecule has 2 saturated carbocycles. The highest BCUT2D eigenvalue weighted by molar-refractivity contribution is 4.85. The molecule has 0 heterocycles. The van der Waals surface area contributed by atoms with Crippen molar-refractivity contribution in [2.75, 3.05) is 0 Å². The van der Waals surface area contributed by atoms with Gasteiger partial charge < -0.3 is 0 Å². The Morgan fingerprint density at radius 1 is 1.10 bits per heavy atom. The zero-order chi connectivity index (χ0) is 15.6. The van der Waals surface area contributed by atoms with Gasteiger partial charge in [0.25, 0.3) is 0 Å². The maximum absolute atomic E-state index is 13.6. The van der Waals surface area contributed by atoms with Crippen LogP contribution in [-0.2, 0) is 0 Å². The van der Waals surface area contributed by atoms with Gasteiger partial charge in [-0.25, -0.2) is 8.78 Å². The second-order valence-electron chi connectivity index (χ2n) is 8.49. The lowest BCUT2D eigenvalue weighted by Gasteiger charge is -2.40. The van der Waals surface area contributed by atoms with Crippen molar-refractivity contribution in [3.63, 3.8) is 0 Å². The van der Waals surface area contributed by atoms with E-state index in [2.05, 4.69) is 27.7 Å². The van der Waals surface area contributed by atoms with Crippen LogP contribution in [0.5, 0.6) is 0 Å². The fraction of sp³-hybridized carbons (Fsp3) is 1.00. The fourth-order valence-corrected chi connectivity index (χ4v) is 5.01. The quantitative estimate of drug-likeness (QED) is 0.552. The monoisotopic (exact) mass is 300 g/mol. The maximum Gasteiger partial charge on any atom is 0.248 e. The summed E-state index contributed by atoms with van der Waals surface area (Å²) in [5.41, 5.74) is 0. The molecule has 2 aliphatic rings. The summed E-state index contributed by atoms with van der Waals surface area (Å²) in [6, 6.07) is 0. The third kappa shape index (κ3) is 4.66. The Morgan fingerprint density at radius 2 is 1.81 bits per heavy atom. The number of halogens is 2. The zero-order valence-electron chi connectivity index (χ0n) is 14.4. The predicted molar refractivity (Wildman–Crippen MR) is 85.5 cm³/mol. The third-order valence-electron chi connectivity index (χ3n) is 6.41. The molecule has 2 rings (SSSR count). The molecule has 0 aromatic heterocycles. The highest BCUT2D eigenvalue weighted by Crippen LogP contribution is 2.45. The van der Waals surface area contributed by atoms with Crippen molar-refractivity contribution in [1.29, 1.82) is 0 Å². The molecule has 21 heavy (non-hydrogen) atoms. The van der Waals surface area contributed by atoms with Gasteiger partial charge in [-0.15, -0.1) is 0 Å². The molecule has 2 fully saturated rings. The highest BCUT2D eigenvalue weighted by atomic mass is 19.3. The van der Waals surface area contributed by atoms with Crippen LogP contribution in [0.3, 0.4) is 0 Å². The van der Waals surface area contributed by atoms with E-state index in [-0.39, 0.29) is 18.8 Å². The number of hydrogen-bond donors (Lipinski definition) is 0. The lowest BCUT2D eigenvalue weighted by Crippen LogP contribution is -2.32. The van der Waals surface area contributed by atoms with Crippen molar-refractivity contribution >= 4 is 0 Å². The van der Waals surface area contributed by atoms with Crippen LogP contribution in [0.2, 0.25) is 0 Å². The summed E-state index contributed by atoms with van der Waals surface area (Å²) < 4.78 is 27.2. The van der Waals surface area contributed by atoms with Crippen LogP contribution in [-0.4, -0.2) is 5.92 Å². The van der Waals surface area contributed by atoms with Gasteiger partial charge in [0.05, 0.1) is 0 Å². The van der Waals surface area contributed by atoms with Crippen LogP contribution in [0.15, 0.2) is 0 Å². The molecule has 5 atom stereocenters. The van der Waals surface area contributed by atoms with Crippen molar-refractivity contribution in [1.82, 2.24) is 0 Å². The van der Waals surface area contributed by atoms with Gasteiger partial charge in [-0.1, -0.05) is 40.5 Å².